The second-order valence-corrected chi connectivity index (χ2v) is 5.20. The highest BCUT2D eigenvalue weighted by atomic mass is 16.3. The van der Waals surface area contributed by atoms with E-state index in [9.17, 15) is 9.90 Å². The van der Waals surface area contributed by atoms with Crippen LogP contribution in [-0.2, 0) is 11.3 Å². The first-order valence-corrected chi connectivity index (χ1v) is 6.81. The molecule has 104 valence electrons. The van der Waals surface area contributed by atoms with Crippen LogP contribution in [0.5, 0.6) is 0 Å². The van der Waals surface area contributed by atoms with Gasteiger partial charge in [0.15, 0.2) is 0 Å². The number of carbonyl (C=O) groups is 1. The summed E-state index contributed by atoms with van der Waals surface area (Å²) in [4.78, 5) is 15.8. The summed E-state index contributed by atoms with van der Waals surface area (Å²) >= 11 is 0. The van der Waals surface area contributed by atoms with E-state index in [0.717, 1.165) is 19.6 Å². The molecule has 1 aliphatic heterocycles. The molecule has 1 unspecified atom stereocenters. The van der Waals surface area contributed by atoms with Gasteiger partial charge in [-0.25, -0.2) is 0 Å². The number of hydrogen-bond acceptors (Lipinski definition) is 3. The van der Waals surface area contributed by atoms with E-state index in [-0.39, 0.29) is 5.91 Å². The van der Waals surface area contributed by atoms with Gasteiger partial charge < -0.3 is 10.0 Å². The monoisotopic (exact) mass is 262 g/mol. The average molecular weight is 262 g/mol. The van der Waals surface area contributed by atoms with Crippen LogP contribution in [0.4, 0.5) is 0 Å². The number of rotatable bonds is 3. The molecular weight excluding hydrogens is 240 g/mol. The molecule has 1 atom stereocenters. The molecule has 0 aliphatic carbocycles. The van der Waals surface area contributed by atoms with Crippen molar-refractivity contribution >= 4 is 5.91 Å². The van der Waals surface area contributed by atoms with E-state index in [1.807, 2.05) is 0 Å². The Balaban J connectivity index is 1.87. The molecule has 1 N–H and O–H groups in total. The molecule has 1 heterocycles. The van der Waals surface area contributed by atoms with Gasteiger partial charge in [-0.05, 0) is 25.0 Å². The Kier molecular flexibility index (Phi) is 4.56. The zero-order valence-electron chi connectivity index (χ0n) is 11.7. The summed E-state index contributed by atoms with van der Waals surface area (Å²) in [6.45, 7) is 7.73. The number of aliphatic hydroxyl groups excluding tert-OH is 1. The average Bonchev–Trinajstić information content (AvgIpc) is 2.41. The first-order chi connectivity index (χ1) is 9.08. The van der Waals surface area contributed by atoms with Crippen molar-refractivity contribution in [2.45, 2.75) is 26.5 Å². The Morgan fingerprint density at radius 3 is 2.47 bits per heavy atom. The van der Waals surface area contributed by atoms with Gasteiger partial charge in [-0.2, -0.15) is 0 Å². The number of piperazine rings is 1. The number of nitrogens with zero attached hydrogens (tertiary/aromatic N) is 2. The second kappa shape index (κ2) is 6.17. The van der Waals surface area contributed by atoms with Crippen molar-refractivity contribution in [2.75, 3.05) is 26.2 Å². The molecule has 1 saturated heterocycles. The molecule has 0 aromatic heterocycles. The highest BCUT2D eigenvalue weighted by molar-refractivity contribution is 5.80. The molecule has 4 heteroatoms. The van der Waals surface area contributed by atoms with Crippen LogP contribution in [0.2, 0.25) is 0 Å². The van der Waals surface area contributed by atoms with Crippen molar-refractivity contribution in [1.82, 2.24) is 9.80 Å². The summed E-state index contributed by atoms with van der Waals surface area (Å²) in [5.41, 5.74) is 2.66. The van der Waals surface area contributed by atoms with E-state index in [1.165, 1.54) is 18.1 Å². The van der Waals surface area contributed by atoms with Gasteiger partial charge in [0.25, 0.3) is 5.91 Å². The van der Waals surface area contributed by atoms with Crippen LogP contribution in [0.3, 0.4) is 0 Å². The van der Waals surface area contributed by atoms with Crippen molar-refractivity contribution < 1.29 is 9.90 Å². The second-order valence-electron chi connectivity index (χ2n) is 5.20. The first kappa shape index (κ1) is 14.0. The highest BCUT2D eigenvalue weighted by Crippen LogP contribution is 2.12. The molecule has 1 aliphatic rings. The van der Waals surface area contributed by atoms with Gasteiger partial charge in [0.2, 0.25) is 0 Å². The third-order valence-corrected chi connectivity index (χ3v) is 3.70. The van der Waals surface area contributed by atoms with Crippen LogP contribution in [0.1, 0.15) is 18.1 Å². The van der Waals surface area contributed by atoms with E-state index in [0.29, 0.717) is 13.1 Å². The minimum Gasteiger partial charge on any atom is -0.384 e. The molecule has 0 radical (unpaired) electrons. The normalized spacial score (nSPS) is 18.4. The summed E-state index contributed by atoms with van der Waals surface area (Å²) in [7, 11) is 0. The molecule has 4 nitrogen and oxygen atoms in total. The maximum Gasteiger partial charge on any atom is 0.251 e. The number of hydrogen-bond donors (Lipinski definition) is 1. The lowest BCUT2D eigenvalue weighted by Crippen LogP contribution is -2.50. The van der Waals surface area contributed by atoms with Gasteiger partial charge in [0.1, 0.15) is 6.10 Å². The number of aryl methyl sites for hydroxylation is 1. The number of carbonyl (C=O) groups excluding carboxylic acids is 1. The lowest BCUT2D eigenvalue weighted by atomic mass is 10.1. The van der Waals surface area contributed by atoms with Crippen LogP contribution < -0.4 is 0 Å². The SMILES string of the molecule is Cc1ccccc1CN1CCN(C(=O)C(C)O)CC1. The molecule has 0 bridgehead atoms. The van der Waals surface area contributed by atoms with E-state index in [1.54, 1.807) is 4.90 Å². The van der Waals surface area contributed by atoms with E-state index in [2.05, 4.69) is 36.1 Å². The van der Waals surface area contributed by atoms with E-state index in [4.69, 9.17) is 0 Å². The summed E-state index contributed by atoms with van der Waals surface area (Å²) in [5, 5.41) is 9.31. The van der Waals surface area contributed by atoms with Crippen LogP contribution in [-0.4, -0.2) is 53.1 Å². The topological polar surface area (TPSA) is 43.8 Å². The van der Waals surface area contributed by atoms with Crippen molar-refractivity contribution in [3.8, 4) is 0 Å². The third-order valence-electron chi connectivity index (χ3n) is 3.70. The Hall–Kier alpha value is -1.39. The Morgan fingerprint density at radius 2 is 1.89 bits per heavy atom. The lowest BCUT2D eigenvalue weighted by molar-refractivity contribution is -0.141. The molecular formula is C15H22N2O2. The van der Waals surface area contributed by atoms with Crippen molar-refractivity contribution in [1.29, 1.82) is 0 Å². The molecule has 2 rings (SSSR count). The molecule has 1 aromatic carbocycles. The maximum atomic E-state index is 11.7. The molecule has 1 aromatic rings. The predicted molar refractivity (Wildman–Crippen MR) is 74.7 cm³/mol. The quantitative estimate of drug-likeness (QED) is 0.884. The van der Waals surface area contributed by atoms with Gasteiger partial charge in [0, 0.05) is 32.7 Å². The first-order valence-electron chi connectivity index (χ1n) is 6.81. The summed E-state index contributed by atoms with van der Waals surface area (Å²) in [6.07, 6.45) is -0.886. The van der Waals surface area contributed by atoms with Crippen molar-refractivity contribution in [3.05, 3.63) is 35.4 Å². The fraction of sp³-hybridized carbons (Fsp3) is 0.533. The van der Waals surface area contributed by atoms with Gasteiger partial charge in [-0.1, -0.05) is 24.3 Å². The fourth-order valence-corrected chi connectivity index (χ4v) is 2.42. The third kappa shape index (κ3) is 3.55. The minimum atomic E-state index is -0.886. The zero-order chi connectivity index (χ0) is 13.8. The van der Waals surface area contributed by atoms with Gasteiger partial charge in [-0.15, -0.1) is 0 Å². The highest BCUT2D eigenvalue weighted by Gasteiger charge is 2.23. The molecule has 0 saturated carbocycles. The summed E-state index contributed by atoms with van der Waals surface area (Å²) < 4.78 is 0. The van der Waals surface area contributed by atoms with Crippen LogP contribution in [0.25, 0.3) is 0 Å². The van der Waals surface area contributed by atoms with E-state index >= 15 is 0 Å². The predicted octanol–water partition coefficient (Wildman–Crippen LogP) is 1.02. The van der Waals surface area contributed by atoms with Gasteiger partial charge in [-0.3, -0.25) is 9.69 Å². The van der Waals surface area contributed by atoms with Crippen LogP contribution in [0.15, 0.2) is 24.3 Å². The molecule has 1 amide bonds. The Bertz CT molecular complexity index is 438. The lowest BCUT2D eigenvalue weighted by Gasteiger charge is -2.35. The Labute approximate surface area is 114 Å². The van der Waals surface area contributed by atoms with Crippen molar-refractivity contribution in [3.63, 3.8) is 0 Å². The fourth-order valence-electron chi connectivity index (χ4n) is 2.42. The van der Waals surface area contributed by atoms with Gasteiger partial charge >= 0.3 is 0 Å². The smallest absolute Gasteiger partial charge is 0.251 e. The summed E-state index contributed by atoms with van der Waals surface area (Å²) in [6, 6.07) is 8.40. The van der Waals surface area contributed by atoms with E-state index < -0.39 is 6.10 Å². The summed E-state index contributed by atoms with van der Waals surface area (Å²) in [5.74, 6) is -0.157. The molecule has 19 heavy (non-hydrogen) atoms. The largest absolute Gasteiger partial charge is 0.384 e. The Morgan fingerprint density at radius 1 is 1.26 bits per heavy atom. The van der Waals surface area contributed by atoms with Crippen molar-refractivity contribution in [2.24, 2.45) is 0 Å². The van der Waals surface area contributed by atoms with Crippen LogP contribution in [0, 0.1) is 6.92 Å². The van der Waals surface area contributed by atoms with Gasteiger partial charge in [0.05, 0.1) is 0 Å². The number of amides is 1. The molecule has 1 fully saturated rings. The minimum absolute atomic E-state index is 0.157. The molecule has 0 spiro atoms. The standard InChI is InChI=1S/C15H22N2O2/c1-12-5-3-4-6-14(12)11-16-7-9-17(10-8-16)15(19)13(2)18/h3-6,13,18H,7-11H2,1-2H3. The maximum absolute atomic E-state index is 11.7. The van der Waals surface area contributed by atoms with Crippen LogP contribution >= 0.6 is 0 Å². The zero-order valence-corrected chi connectivity index (χ0v) is 11.7. The number of aliphatic hydroxyl groups is 1. The number of benzene rings is 1.